The molecule has 14 heavy (non-hydrogen) atoms. The van der Waals surface area contributed by atoms with Gasteiger partial charge in [0.2, 0.25) is 0 Å². The third kappa shape index (κ3) is 2.48. The highest BCUT2D eigenvalue weighted by Gasteiger charge is 2.39. The van der Waals surface area contributed by atoms with Crippen LogP contribution in [-0.2, 0) is 4.43 Å². The van der Waals surface area contributed by atoms with E-state index in [0.717, 1.165) is 0 Å². The molecule has 0 spiro atoms. The largest absolute Gasteiger partial charge is 0.410 e. The van der Waals surface area contributed by atoms with Crippen LogP contribution in [0.2, 0.25) is 18.1 Å². The number of hydrogen-bond donors (Lipinski definition) is 0. The van der Waals surface area contributed by atoms with Crippen molar-refractivity contribution in [2.75, 3.05) is 0 Å². The monoisotopic (exact) mass is 212 g/mol. The van der Waals surface area contributed by atoms with Gasteiger partial charge in [-0.1, -0.05) is 26.8 Å². The molecule has 0 radical (unpaired) electrons. The lowest BCUT2D eigenvalue weighted by molar-refractivity contribution is 0.214. The van der Waals surface area contributed by atoms with Crippen LogP contribution in [0.15, 0.2) is 11.6 Å². The maximum Gasteiger partial charge on any atom is 0.192 e. The first-order valence-corrected chi connectivity index (χ1v) is 8.49. The van der Waals surface area contributed by atoms with E-state index < -0.39 is 8.32 Å². The lowest BCUT2D eigenvalue weighted by Crippen LogP contribution is -2.43. The standard InChI is InChI=1S/C12H24OSi/c1-10-8-7-9-11(10)13-14(5,6)12(2,3)4/h8,11H,7,9H2,1-6H3. The number of hydrogen-bond acceptors (Lipinski definition) is 1. The van der Waals surface area contributed by atoms with Crippen molar-refractivity contribution < 1.29 is 4.43 Å². The van der Waals surface area contributed by atoms with Crippen molar-refractivity contribution in [3.8, 4) is 0 Å². The van der Waals surface area contributed by atoms with E-state index in [2.05, 4.69) is 46.9 Å². The summed E-state index contributed by atoms with van der Waals surface area (Å²) in [5, 5.41) is 0.329. The SMILES string of the molecule is CC1=CCCC1O[Si](C)(C)C(C)(C)C. The molecule has 1 atom stereocenters. The molecule has 0 N–H and O–H groups in total. The molecule has 82 valence electrons. The Morgan fingerprint density at radius 1 is 1.36 bits per heavy atom. The minimum Gasteiger partial charge on any atom is -0.410 e. The Morgan fingerprint density at radius 3 is 2.29 bits per heavy atom. The van der Waals surface area contributed by atoms with E-state index >= 15 is 0 Å². The van der Waals surface area contributed by atoms with Gasteiger partial charge in [0.1, 0.15) is 0 Å². The van der Waals surface area contributed by atoms with Gasteiger partial charge in [-0.15, -0.1) is 0 Å². The molecule has 0 amide bonds. The quantitative estimate of drug-likeness (QED) is 0.494. The van der Waals surface area contributed by atoms with E-state index in [-0.39, 0.29) is 0 Å². The molecule has 1 aliphatic carbocycles. The Hall–Kier alpha value is -0.0831. The normalized spacial score (nSPS) is 23.9. The zero-order chi connectivity index (χ0) is 11.0. The molecule has 0 fully saturated rings. The molecular formula is C12H24OSi. The highest BCUT2D eigenvalue weighted by atomic mass is 28.4. The predicted octanol–water partition coefficient (Wildman–Crippen LogP) is 4.12. The second-order valence-electron chi connectivity index (χ2n) is 5.89. The summed E-state index contributed by atoms with van der Waals surface area (Å²) >= 11 is 0. The topological polar surface area (TPSA) is 9.23 Å². The van der Waals surface area contributed by atoms with Crippen LogP contribution in [0, 0.1) is 0 Å². The fourth-order valence-corrected chi connectivity index (χ4v) is 2.87. The summed E-state index contributed by atoms with van der Waals surface area (Å²) in [5.41, 5.74) is 1.44. The Bertz CT molecular complexity index is 235. The summed E-state index contributed by atoms with van der Waals surface area (Å²) in [7, 11) is -1.55. The molecule has 1 nitrogen and oxygen atoms in total. The highest BCUT2D eigenvalue weighted by Crippen LogP contribution is 2.39. The summed E-state index contributed by atoms with van der Waals surface area (Å²) in [4.78, 5) is 0. The van der Waals surface area contributed by atoms with Crippen LogP contribution in [0.1, 0.15) is 40.5 Å². The maximum atomic E-state index is 6.35. The Morgan fingerprint density at radius 2 is 1.93 bits per heavy atom. The molecule has 0 aliphatic heterocycles. The van der Waals surface area contributed by atoms with E-state index in [9.17, 15) is 0 Å². The molecule has 0 aromatic heterocycles. The molecule has 1 aliphatic rings. The van der Waals surface area contributed by atoms with E-state index in [1.54, 1.807) is 0 Å². The molecule has 0 saturated heterocycles. The molecule has 2 heteroatoms. The third-order valence-electron chi connectivity index (χ3n) is 3.65. The fourth-order valence-electron chi connectivity index (χ4n) is 1.51. The van der Waals surface area contributed by atoms with Crippen molar-refractivity contribution in [1.82, 2.24) is 0 Å². The third-order valence-corrected chi connectivity index (χ3v) is 8.13. The fraction of sp³-hybridized carbons (Fsp3) is 0.833. The van der Waals surface area contributed by atoms with Gasteiger partial charge in [-0.25, -0.2) is 0 Å². The predicted molar refractivity (Wildman–Crippen MR) is 65.1 cm³/mol. The summed E-state index contributed by atoms with van der Waals surface area (Å²) in [6, 6.07) is 0. The first-order chi connectivity index (χ1) is 6.24. The van der Waals surface area contributed by atoms with Crippen molar-refractivity contribution >= 4 is 8.32 Å². The summed E-state index contributed by atoms with van der Waals surface area (Å²) in [5.74, 6) is 0. The molecule has 0 aromatic carbocycles. The van der Waals surface area contributed by atoms with Crippen LogP contribution in [0.4, 0.5) is 0 Å². The Balaban J connectivity index is 2.64. The van der Waals surface area contributed by atoms with Gasteiger partial charge in [0.25, 0.3) is 0 Å². The molecular weight excluding hydrogens is 188 g/mol. The first-order valence-electron chi connectivity index (χ1n) is 5.58. The molecule has 0 saturated carbocycles. The van der Waals surface area contributed by atoms with E-state index in [0.29, 0.717) is 11.1 Å². The van der Waals surface area contributed by atoms with Gasteiger partial charge in [0, 0.05) is 0 Å². The van der Waals surface area contributed by atoms with Gasteiger partial charge < -0.3 is 4.43 Å². The van der Waals surface area contributed by atoms with Gasteiger partial charge >= 0.3 is 0 Å². The minimum absolute atomic E-state index is 0.329. The van der Waals surface area contributed by atoms with E-state index in [4.69, 9.17) is 4.43 Å². The Labute approximate surface area is 89.7 Å². The highest BCUT2D eigenvalue weighted by molar-refractivity contribution is 6.74. The van der Waals surface area contributed by atoms with Crippen LogP contribution < -0.4 is 0 Å². The van der Waals surface area contributed by atoms with Crippen LogP contribution in [0.5, 0.6) is 0 Å². The second kappa shape index (κ2) is 3.82. The summed E-state index contributed by atoms with van der Waals surface area (Å²) < 4.78 is 6.35. The summed E-state index contributed by atoms with van der Waals surface area (Å²) in [6.45, 7) is 13.8. The van der Waals surface area contributed by atoms with E-state index in [1.807, 2.05) is 0 Å². The van der Waals surface area contributed by atoms with Crippen LogP contribution >= 0.6 is 0 Å². The molecule has 0 aromatic rings. The van der Waals surface area contributed by atoms with Crippen molar-refractivity contribution in [3.63, 3.8) is 0 Å². The van der Waals surface area contributed by atoms with Gasteiger partial charge in [-0.2, -0.15) is 0 Å². The lowest BCUT2D eigenvalue weighted by atomic mass is 10.2. The molecule has 0 bridgehead atoms. The molecule has 1 unspecified atom stereocenters. The van der Waals surface area contributed by atoms with Gasteiger partial charge in [-0.05, 0) is 43.5 Å². The van der Waals surface area contributed by atoms with Crippen molar-refractivity contribution in [2.45, 2.75) is 64.8 Å². The maximum absolute atomic E-state index is 6.35. The van der Waals surface area contributed by atoms with Crippen LogP contribution in [0.25, 0.3) is 0 Å². The van der Waals surface area contributed by atoms with Crippen LogP contribution in [-0.4, -0.2) is 14.4 Å². The van der Waals surface area contributed by atoms with Crippen molar-refractivity contribution in [1.29, 1.82) is 0 Å². The minimum atomic E-state index is -1.55. The number of allylic oxidation sites excluding steroid dienone is 1. The first kappa shape index (κ1) is 12.0. The van der Waals surface area contributed by atoms with Gasteiger partial charge in [0.15, 0.2) is 8.32 Å². The number of rotatable bonds is 2. The van der Waals surface area contributed by atoms with Crippen LogP contribution in [0.3, 0.4) is 0 Å². The Kier molecular flexibility index (Phi) is 3.27. The van der Waals surface area contributed by atoms with Crippen molar-refractivity contribution in [2.24, 2.45) is 0 Å². The summed E-state index contributed by atoms with van der Waals surface area (Å²) in [6.07, 6.45) is 5.12. The average Bonchev–Trinajstić information content (AvgIpc) is 2.33. The zero-order valence-electron chi connectivity index (χ0n) is 10.5. The molecule has 0 heterocycles. The van der Waals surface area contributed by atoms with E-state index in [1.165, 1.54) is 18.4 Å². The smallest absolute Gasteiger partial charge is 0.192 e. The second-order valence-corrected chi connectivity index (χ2v) is 10.6. The van der Waals surface area contributed by atoms with Crippen molar-refractivity contribution in [3.05, 3.63) is 11.6 Å². The average molecular weight is 212 g/mol. The van der Waals surface area contributed by atoms with Gasteiger partial charge in [-0.3, -0.25) is 0 Å². The molecule has 1 rings (SSSR count). The van der Waals surface area contributed by atoms with Gasteiger partial charge in [0.05, 0.1) is 6.10 Å². The zero-order valence-corrected chi connectivity index (χ0v) is 11.5. The lowest BCUT2D eigenvalue weighted by Gasteiger charge is -2.38.